The van der Waals surface area contributed by atoms with Crippen LogP contribution in [0.4, 0.5) is 5.69 Å². The molecule has 1 heteroatoms. The number of para-hydroxylation sites is 1. The van der Waals surface area contributed by atoms with Crippen LogP contribution in [0.1, 0.15) is 57.9 Å². The van der Waals surface area contributed by atoms with Crippen molar-refractivity contribution in [3.63, 3.8) is 0 Å². The molecule has 0 spiro atoms. The lowest BCUT2D eigenvalue weighted by molar-refractivity contribution is 0.625. The smallest absolute Gasteiger partial charge is 0.0708 e. The van der Waals surface area contributed by atoms with E-state index in [1.54, 1.807) is 0 Å². The highest BCUT2D eigenvalue weighted by atomic mass is 14.9. The molecule has 0 saturated carbocycles. The highest BCUT2D eigenvalue weighted by Crippen LogP contribution is 2.35. The van der Waals surface area contributed by atoms with Gasteiger partial charge in [-0.25, -0.2) is 0 Å². The van der Waals surface area contributed by atoms with E-state index in [0.29, 0.717) is 0 Å². The number of hydrogen-bond donors (Lipinski definition) is 0. The first-order valence-corrected chi connectivity index (χ1v) is 6.84. The predicted octanol–water partition coefficient (Wildman–Crippen LogP) is 5.03. The summed E-state index contributed by atoms with van der Waals surface area (Å²) in [7, 11) is 0. The van der Waals surface area contributed by atoms with Gasteiger partial charge in [-0.2, -0.15) is 0 Å². The zero-order chi connectivity index (χ0) is 12.1. The Kier molecular flexibility index (Phi) is 4.24. The summed E-state index contributed by atoms with van der Waals surface area (Å²) in [4.78, 5) is 0. The third-order valence-electron chi connectivity index (χ3n) is 3.51. The Morgan fingerprint density at radius 1 is 1.00 bits per heavy atom. The van der Waals surface area contributed by atoms with Crippen LogP contribution < -0.4 is 5.32 Å². The van der Waals surface area contributed by atoms with Gasteiger partial charge in [0.1, 0.15) is 0 Å². The van der Waals surface area contributed by atoms with E-state index >= 15 is 0 Å². The van der Waals surface area contributed by atoms with Gasteiger partial charge in [0, 0.05) is 11.3 Å². The summed E-state index contributed by atoms with van der Waals surface area (Å²) in [6.45, 7) is 4.46. The van der Waals surface area contributed by atoms with E-state index in [2.05, 4.69) is 38.1 Å². The molecular formula is C16H22N. The summed E-state index contributed by atoms with van der Waals surface area (Å²) >= 11 is 0. The number of fused-ring (bicyclic) bond motifs is 1. The van der Waals surface area contributed by atoms with Gasteiger partial charge >= 0.3 is 0 Å². The Balaban J connectivity index is 1.86. The summed E-state index contributed by atoms with van der Waals surface area (Å²) in [6, 6.07) is 8.46. The fourth-order valence-electron chi connectivity index (χ4n) is 2.41. The molecule has 0 atom stereocenters. The average molecular weight is 228 g/mol. The topological polar surface area (TPSA) is 14.1 Å². The molecule has 91 valence electrons. The van der Waals surface area contributed by atoms with E-state index in [-0.39, 0.29) is 0 Å². The molecule has 1 aromatic rings. The highest BCUT2D eigenvalue weighted by Gasteiger charge is 2.18. The van der Waals surface area contributed by atoms with Crippen LogP contribution in [0.15, 0.2) is 30.0 Å². The number of nitrogens with zero attached hydrogens (tertiary/aromatic N) is 1. The molecule has 0 amide bonds. The first-order chi connectivity index (χ1) is 8.33. The standard InChI is InChI=1S/C16H22N/c1-3-4-5-6-7-11-15-13(2)14-10-8-9-12-16(14)17-15/h8-10,12H,3-7,11H2,1-2H3. The monoisotopic (exact) mass is 228 g/mol. The number of benzene rings is 1. The molecule has 17 heavy (non-hydrogen) atoms. The Morgan fingerprint density at radius 2 is 1.76 bits per heavy atom. The number of rotatable bonds is 6. The fraction of sp³-hybridized carbons (Fsp3) is 0.500. The highest BCUT2D eigenvalue weighted by molar-refractivity contribution is 5.80. The first kappa shape index (κ1) is 12.2. The summed E-state index contributed by atoms with van der Waals surface area (Å²) in [6.07, 6.45) is 7.83. The Bertz CT molecular complexity index is 404. The molecule has 1 nitrogen and oxygen atoms in total. The molecule has 1 radical (unpaired) electrons. The first-order valence-electron chi connectivity index (χ1n) is 6.84. The van der Waals surface area contributed by atoms with E-state index in [1.165, 1.54) is 48.9 Å². The van der Waals surface area contributed by atoms with Crippen LogP contribution in [0.5, 0.6) is 0 Å². The van der Waals surface area contributed by atoms with Crippen molar-refractivity contribution >= 4 is 11.3 Å². The molecule has 1 heterocycles. The normalized spacial score (nSPS) is 13.8. The van der Waals surface area contributed by atoms with Crippen molar-refractivity contribution in [2.75, 3.05) is 0 Å². The van der Waals surface area contributed by atoms with Crippen molar-refractivity contribution in [1.82, 2.24) is 5.32 Å². The molecular weight excluding hydrogens is 206 g/mol. The second-order valence-corrected chi connectivity index (χ2v) is 4.86. The van der Waals surface area contributed by atoms with Gasteiger partial charge < -0.3 is 0 Å². The Morgan fingerprint density at radius 3 is 2.53 bits per heavy atom. The van der Waals surface area contributed by atoms with Gasteiger partial charge in [-0.15, -0.1) is 0 Å². The summed E-state index contributed by atoms with van der Waals surface area (Å²) in [5.74, 6) is 0. The van der Waals surface area contributed by atoms with Crippen molar-refractivity contribution < 1.29 is 0 Å². The van der Waals surface area contributed by atoms with E-state index in [1.807, 2.05) is 0 Å². The van der Waals surface area contributed by atoms with E-state index < -0.39 is 0 Å². The number of unbranched alkanes of at least 4 members (excludes halogenated alkanes) is 4. The third kappa shape index (κ3) is 2.91. The fourth-order valence-corrected chi connectivity index (χ4v) is 2.41. The van der Waals surface area contributed by atoms with Gasteiger partial charge in [-0.3, -0.25) is 5.32 Å². The Labute approximate surface area is 105 Å². The Hall–Kier alpha value is -1.24. The number of allylic oxidation sites excluding steroid dienone is 2. The minimum absolute atomic E-state index is 1.14. The lowest BCUT2D eigenvalue weighted by Gasteiger charge is -2.03. The van der Waals surface area contributed by atoms with Crippen LogP contribution in [0.25, 0.3) is 5.57 Å². The third-order valence-corrected chi connectivity index (χ3v) is 3.51. The van der Waals surface area contributed by atoms with Gasteiger partial charge in [0.2, 0.25) is 0 Å². The average Bonchev–Trinajstić information content (AvgIpc) is 2.67. The zero-order valence-electron chi connectivity index (χ0n) is 11.0. The lowest BCUT2D eigenvalue weighted by atomic mass is 10.0. The molecule has 2 rings (SSSR count). The lowest BCUT2D eigenvalue weighted by Crippen LogP contribution is -1.93. The maximum Gasteiger partial charge on any atom is 0.0708 e. The SMILES string of the molecule is CCCCCCCC1=C(C)c2ccccc2[N]1. The van der Waals surface area contributed by atoms with Crippen molar-refractivity contribution in [2.45, 2.75) is 52.4 Å². The van der Waals surface area contributed by atoms with Gasteiger partial charge in [0.15, 0.2) is 0 Å². The maximum absolute atomic E-state index is 4.73. The van der Waals surface area contributed by atoms with Crippen LogP contribution >= 0.6 is 0 Å². The molecule has 0 unspecified atom stereocenters. The van der Waals surface area contributed by atoms with Crippen LogP contribution in [0.3, 0.4) is 0 Å². The van der Waals surface area contributed by atoms with Crippen molar-refractivity contribution in [3.8, 4) is 0 Å². The summed E-state index contributed by atoms with van der Waals surface area (Å²) < 4.78 is 0. The largest absolute Gasteiger partial charge is 0.253 e. The van der Waals surface area contributed by atoms with E-state index in [4.69, 9.17) is 5.32 Å². The molecule has 0 bridgehead atoms. The van der Waals surface area contributed by atoms with E-state index in [0.717, 1.165) is 12.1 Å². The molecule has 0 fully saturated rings. The summed E-state index contributed by atoms with van der Waals surface area (Å²) in [5.41, 5.74) is 5.18. The van der Waals surface area contributed by atoms with Crippen molar-refractivity contribution in [3.05, 3.63) is 35.5 Å². The quantitative estimate of drug-likeness (QED) is 0.606. The minimum Gasteiger partial charge on any atom is -0.253 e. The zero-order valence-corrected chi connectivity index (χ0v) is 11.0. The van der Waals surface area contributed by atoms with Crippen LogP contribution in [-0.2, 0) is 0 Å². The number of hydrogen-bond acceptors (Lipinski definition) is 0. The molecule has 1 aliphatic rings. The van der Waals surface area contributed by atoms with E-state index in [9.17, 15) is 0 Å². The second-order valence-electron chi connectivity index (χ2n) is 4.86. The molecule has 0 aliphatic carbocycles. The minimum atomic E-state index is 1.14. The van der Waals surface area contributed by atoms with Crippen LogP contribution in [-0.4, -0.2) is 0 Å². The van der Waals surface area contributed by atoms with Crippen LogP contribution in [0.2, 0.25) is 0 Å². The second kappa shape index (κ2) is 5.90. The van der Waals surface area contributed by atoms with Crippen molar-refractivity contribution in [2.24, 2.45) is 0 Å². The predicted molar refractivity (Wildman–Crippen MR) is 74.2 cm³/mol. The molecule has 1 aromatic carbocycles. The van der Waals surface area contributed by atoms with Crippen molar-refractivity contribution in [1.29, 1.82) is 0 Å². The van der Waals surface area contributed by atoms with Gasteiger partial charge in [-0.05, 0) is 31.4 Å². The molecule has 0 N–H and O–H groups in total. The van der Waals surface area contributed by atoms with Crippen LogP contribution in [0, 0.1) is 0 Å². The molecule has 0 aromatic heterocycles. The molecule has 1 aliphatic heterocycles. The maximum atomic E-state index is 4.73. The summed E-state index contributed by atoms with van der Waals surface area (Å²) in [5, 5.41) is 4.73. The van der Waals surface area contributed by atoms with Gasteiger partial charge in [-0.1, -0.05) is 50.8 Å². The molecule has 0 saturated heterocycles. The van der Waals surface area contributed by atoms with Gasteiger partial charge in [0.05, 0.1) is 5.69 Å². The van der Waals surface area contributed by atoms with Gasteiger partial charge in [0.25, 0.3) is 0 Å².